The zero-order chi connectivity index (χ0) is 19.9. The minimum Gasteiger partial charge on any atom is -0.479 e. The molecule has 0 bridgehead atoms. The first-order valence-electron chi connectivity index (χ1n) is 7.61. The number of nitrogens with one attached hydrogen (secondary N) is 2. The maximum Gasteiger partial charge on any atom is 0.333 e. The molecule has 3 rings (SSSR count). The first-order valence-corrected chi connectivity index (χ1v) is 9.09. The molecule has 0 radical (unpaired) electrons. The average Bonchev–Trinajstić information content (AvgIpc) is 3.05. The van der Waals surface area contributed by atoms with E-state index in [9.17, 15) is 26.8 Å². The fourth-order valence-corrected chi connectivity index (χ4v) is 3.71. The highest BCUT2D eigenvalue weighted by Gasteiger charge is 2.29. The molecule has 0 spiro atoms. The molecule has 2 amide bonds. The number of carbonyl (C=O) groups excluding carboxylic acids is 2. The Hall–Kier alpha value is -3.02. The molecule has 2 aromatic rings. The predicted octanol–water partition coefficient (Wildman–Crippen LogP) is 1.42. The zero-order valence-electron chi connectivity index (χ0n) is 14.1. The Balaban J connectivity index is 1.93. The first kappa shape index (κ1) is 18.8. The number of carbonyl (C=O) groups is 2. The average molecular weight is 400 g/mol. The number of aryl methyl sites for hydroxylation is 1. The highest BCUT2D eigenvalue weighted by Crippen LogP contribution is 2.34. The van der Waals surface area contributed by atoms with Gasteiger partial charge in [-0.2, -0.15) is 18.6 Å². The van der Waals surface area contributed by atoms with Crippen molar-refractivity contribution in [3.8, 4) is 5.75 Å². The van der Waals surface area contributed by atoms with E-state index in [2.05, 4.69) is 10.4 Å². The Kier molecular flexibility index (Phi) is 4.59. The molecule has 0 unspecified atom stereocenters. The summed E-state index contributed by atoms with van der Waals surface area (Å²) in [5.41, 5.74) is -0.104. The van der Waals surface area contributed by atoms with E-state index in [1.165, 1.54) is 19.9 Å². The van der Waals surface area contributed by atoms with Crippen LogP contribution in [0.15, 0.2) is 29.3 Å². The number of hydrogen-bond donors (Lipinski definition) is 2. The number of rotatable bonds is 4. The molecule has 1 aromatic carbocycles. The van der Waals surface area contributed by atoms with Crippen LogP contribution in [-0.4, -0.2) is 36.1 Å². The van der Waals surface area contributed by atoms with E-state index in [0.717, 1.165) is 18.3 Å². The smallest absolute Gasteiger partial charge is 0.333 e. The van der Waals surface area contributed by atoms with E-state index in [4.69, 9.17) is 4.74 Å². The summed E-state index contributed by atoms with van der Waals surface area (Å²) in [5.74, 6) is -1.53. The van der Waals surface area contributed by atoms with E-state index in [1.54, 1.807) is 4.72 Å². The maximum atomic E-state index is 12.8. The van der Waals surface area contributed by atoms with E-state index < -0.39 is 34.3 Å². The molecule has 0 saturated heterocycles. The van der Waals surface area contributed by atoms with Gasteiger partial charge in [0.1, 0.15) is 11.4 Å². The first-order chi connectivity index (χ1) is 12.6. The van der Waals surface area contributed by atoms with E-state index in [-0.39, 0.29) is 32.5 Å². The second-order valence-corrected chi connectivity index (χ2v) is 7.39. The van der Waals surface area contributed by atoms with Crippen molar-refractivity contribution in [3.05, 3.63) is 35.7 Å². The number of sulfonamides is 1. The van der Waals surface area contributed by atoms with Gasteiger partial charge in [-0.15, -0.1) is 0 Å². The van der Waals surface area contributed by atoms with Crippen LogP contribution in [0.5, 0.6) is 5.75 Å². The van der Waals surface area contributed by atoms with Crippen molar-refractivity contribution < 1.29 is 31.5 Å². The number of anilines is 1. The second kappa shape index (κ2) is 6.61. The lowest BCUT2D eigenvalue weighted by Crippen LogP contribution is -2.35. The molecule has 27 heavy (non-hydrogen) atoms. The largest absolute Gasteiger partial charge is 0.479 e. The Labute approximate surface area is 152 Å². The van der Waals surface area contributed by atoms with Gasteiger partial charge in [0.2, 0.25) is 0 Å². The van der Waals surface area contributed by atoms with Gasteiger partial charge in [-0.25, -0.2) is 13.1 Å². The van der Waals surface area contributed by atoms with Gasteiger partial charge in [-0.05, 0) is 31.5 Å². The summed E-state index contributed by atoms with van der Waals surface area (Å²) in [4.78, 5) is 23.5. The standard InChI is InChI=1S/C15H14F2N4O5S/c1-7-5-9-11(26-8(2)13(22)19-9)6-12(7)27(24,25)20-14(23)10-3-4-18-21(10)15(16)17/h3-6,8,15H,1-2H3,(H,19,22)(H,20,23)/t8-/m1/s1. The lowest BCUT2D eigenvalue weighted by atomic mass is 10.1. The van der Waals surface area contributed by atoms with Gasteiger partial charge in [0.05, 0.1) is 10.6 Å². The van der Waals surface area contributed by atoms with Crippen molar-refractivity contribution in [3.63, 3.8) is 0 Å². The second-order valence-electron chi connectivity index (χ2n) is 5.74. The number of nitrogens with zero attached hydrogens (tertiary/aromatic N) is 2. The van der Waals surface area contributed by atoms with Crippen LogP contribution in [0.2, 0.25) is 0 Å². The molecule has 1 atom stereocenters. The number of halogens is 2. The molecule has 1 aliphatic rings. The zero-order valence-corrected chi connectivity index (χ0v) is 14.9. The van der Waals surface area contributed by atoms with Gasteiger partial charge in [0.25, 0.3) is 21.8 Å². The molecule has 0 saturated carbocycles. The maximum absolute atomic E-state index is 12.8. The van der Waals surface area contributed by atoms with Crippen LogP contribution in [0, 0.1) is 6.92 Å². The van der Waals surface area contributed by atoms with Crippen LogP contribution >= 0.6 is 0 Å². The third kappa shape index (κ3) is 3.47. The lowest BCUT2D eigenvalue weighted by molar-refractivity contribution is -0.122. The number of aromatic nitrogens is 2. The topological polar surface area (TPSA) is 119 Å². The van der Waals surface area contributed by atoms with Gasteiger partial charge >= 0.3 is 6.55 Å². The molecule has 12 heteroatoms. The molecule has 0 aliphatic carbocycles. The molecular weight excluding hydrogens is 386 g/mol. The number of benzene rings is 1. The SMILES string of the molecule is Cc1cc2c(cc1S(=O)(=O)NC(=O)c1ccnn1C(F)F)O[C@H](C)C(=O)N2. The molecule has 2 N–H and O–H groups in total. The number of amides is 2. The summed E-state index contributed by atoms with van der Waals surface area (Å²) in [6.45, 7) is -0.167. The summed E-state index contributed by atoms with van der Waals surface area (Å²) in [6.07, 6.45) is 0.126. The summed E-state index contributed by atoms with van der Waals surface area (Å²) >= 11 is 0. The molecule has 9 nitrogen and oxygen atoms in total. The summed E-state index contributed by atoms with van der Waals surface area (Å²) in [7, 11) is -4.40. The molecule has 1 aromatic heterocycles. The molecule has 0 fully saturated rings. The Morgan fingerprint density at radius 2 is 2.11 bits per heavy atom. The normalized spacial score (nSPS) is 16.5. The fraction of sp³-hybridized carbons (Fsp3) is 0.267. The molecule has 1 aliphatic heterocycles. The molecule has 2 heterocycles. The Morgan fingerprint density at radius 3 is 2.78 bits per heavy atom. The summed E-state index contributed by atoms with van der Waals surface area (Å²) in [6, 6.07) is 3.50. The lowest BCUT2D eigenvalue weighted by Gasteiger charge is -2.24. The molecular formula is C15H14F2N4O5S. The van der Waals surface area contributed by atoms with Crippen molar-refractivity contribution >= 4 is 27.5 Å². The number of fused-ring (bicyclic) bond motifs is 1. The van der Waals surface area contributed by atoms with Crippen LogP contribution in [-0.2, 0) is 14.8 Å². The van der Waals surface area contributed by atoms with E-state index in [1.807, 2.05) is 0 Å². The van der Waals surface area contributed by atoms with Crippen LogP contribution in [0.4, 0.5) is 14.5 Å². The number of ether oxygens (including phenoxy) is 1. The monoisotopic (exact) mass is 400 g/mol. The third-order valence-electron chi connectivity index (χ3n) is 3.81. The quantitative estimate of drug-likeness (QED) is 0.801. The highest BCUT2D eigenvalue weighted by molar-refractivity contribution is 7.90. The Morgan fingerprint density at radius 1 is 1.41 bits per heavy atom. The summed E-state index contributed by atoms with van der Waals surface area (Å²) in [5, 5.41) is 5.85. The van der Waals surface area contributed by atoms with Crippen molar-refractivity contribution in [2.24, 2.45) is 0 Å². The van der Waals surface area contributed by atoms with Gasteiger partial charge in [-0.1, -0.05) is 0 Å². The highest BCUT2D eigenvalue weighted by atomic mass is 32.2. The Bertz CT molecular complexity index is 1030. The van der Waals surface area contributed by atoms with Crippen LogP contribution in [0.25, 0.3) is 0 Å². The van der Waals surface area contributed by atoms with Crippen LogP contribution in [0.1, 0.15) is 29.5 Å². The third-order valence-corrected chi connectivity index (χ3v) is 5.29. The fourth-order valence-electron chi connectivity index (χ4n) is 2.51. The molecule has 144 valence electrons. The van der Waals surface area contributed by atoms with Gasteiger partial charge in [0, 0.05) is 12.3 Å². The minimum atomic E-state index is -4.40. The van der Waals surface area contributed by atoms with E-state index >= 15 is 0 Å². The number of hydrogen-bond acceptors (Lipinski definition) is 6. The van der Waals surface area contributed by atoms with Crippen LogP contribution in [0.3, 0.4) is 0 Å². The van der Waals surface area contributed by atoms with Crippen molar-refractivity contribution in [2.45, 2.75) is 31.4 Å². The van der Waals surface area contributed by atoms with Crippen molar-refractivity contribution in [2.75, 3.05) is 5.32 Å². The summed E-state index contributed by atoms with van der Waals surface area (Å²) < 4.78 is 58.0. The van der Waals surface area contributed by atoms with Crippen molar-refractivity contribution in [1.29, 1.82) is 0 Å². The predicted molar refractivity (Wildman–Crippen MR) is 88.0 cm³/mol. The van der Waals surface area contributed by atoms with Gasteiger partial charge < -0.3 is 10.1 Å². The van der Waals surface area contributed by atoms with Crippen LogP contribution < -0.4 is 14.8 Å². The van der Waals surface area contributed by atoms with Crippen molar-refractivity contribution in [1.82, 2.24) is 14.5 Å². The van der Waals surface area contributed by atoms with Gasteiger partial charge in [0.15, 0.2) is 6.10 Å². The number of alkyl halides is 2. The van der Waals surface area contributed by atoms with E-state index in [0.29, 0.717) is 0 Å². The minimum absolute atomic E-state index is 0.102. The van der Waals surface area contributed by atoms with Gasteiger partial charge in [-0.3, -0.25) is 9.59 Å².